The highest BCUT2D eigenvalue weighted by Gasteiger charge is 2.09. The number of nitro groups is 1. The average Bonchev–Trinajstić information content (AvgIpc) is 2.48. The quantitative estimate of drug-likeness (QED) is 0.538. The Kier molecular flexibility index (Phi) is 2.57. The van der Waals surface area contributed by atoms with E-state index < -0.39 is 11.6 Å². The van der Waals surface area contributed by atoms with Crippen molar-refractivity contribution in [3.05, 3.63) is 16.2 Å². The molecular formula is C5H6FN3O3. The number of aromatic nitrogens is 2. The molecule has 1 heterocycles. The smallest absolute Gasteiger partial charge is 0.346 e. The third kappa shape index (κ3) is 1.91. The van der Waals surface area contributed by atoms with Crippen molar-refractivity contribution in [2.75, 3.05) is 13.3 Å². The number of aromatic amines is 1. The minimum absolute atomic E-state index is 0.0272. The van der Waals surface area contributed by atoms with Gasteiger partial charge in [0.25, 0.3) is 5.88 Å². The van der Waals surface area contributed by atoms with Crippen LogP contribution in [0.3, 0.4) is 0 Å². The Morgan fingerprint density at radius 2 is 2.58 bits per heavy atom. The minimum Gasteiger partial charge on any atom is -0.472 e. The molecule has 0 aliphatic heterocycles. The molecular weight excluding hydrogens is 169 g/mol. The fourth-order valence-corrected chi connectivity index (χ4v) is 0.604. The van der Waals surface area contributed by atoms with E-state index in [2.05, 4.69) is 14.9 Å². The lowest BCUT2D eigenvalue weighted by atomic mass is 10.6. The monoisotopic (exact) mass is 175 g/mol. The standard InChI is InChI=1S/C5H6FN3O3/c6-1-2-12-5-3-4(7-8-5)9(10)11/h3H,1-2H2,(H,7,8). The van der Waals surface area contributed by atoms with Crippen molar-refractivity contribution in [2.45, 2.75) is 0 Å². The first-order valence-electron chi connectivity index (χ1n) is 3.12. The summed E-state index contributed by atoms with van der Waals surface area (Å²) in [6.07, 6.45) is 0. The van der Waals surface area contributed by atoms with E-state index in [0.717, 1.165) is 6.07 Å². The van der Waals surface area contributed by atoms with Crippen molar-refractivity contribution in [3.63, 3.8) is 0 Å². The molecule has 0 atom stereocenters. The normalized spacial score (nSPS) is 9.75. The number of H-pyrrole nitrogens is 1. The number of nitrogens with zero attached hydrogens (tertiary/aromatic N) is 2. The Morgan fingerprint density at radius 3 is 3.08 bits per heavy atom. The Labute approximate surface area is 66.5 Å². The summed E-state index contributed by atoms with van der Waals surface area (Å²) in [7, 11) is 0. The van der Waals surface area contributed by atoms with Crippen molar-refractivity contribution < 1.29 is 14.1 Å². The molecule has 0 fully saturated rings. The summed E-state index contributed by atoms with van der Waals surface area (Å²) in [5, 5.41) is 15.6. The molecule has 1 N–H and O–H groups in total. The van der Waals surface area contributed by atoms with Gasteiger partial charge >= 0.3 is 5.82 Å². The van der Waals surface area contributed by atoms with Gasteiger partial charge in [-0.2, -0.15) is 0 Å². The Balaban J connectivity index is 2.58. The third-order valence-electron chi connectivity index (χ3n) is 1.06. The van der Waals surface area contributed by atoms with Gasteiger partial charge in [0.15, 0.2) is 0 Å². The van der Waals surface area contributed by atoms with Gasteiger partial charge in [0.1, 0.15) is 13.3 Å². The van der Waals surface area contributed by atoms with E-state index in [1.54, 1.807) is 0 Å². The zero-order valence-electron chi connectivity index (χ0n) is 5.99. The second kappa shape index (κ2) is 3.65. The van der Waals surface area contributed by atoms with E-state index in [4.69, 9.17) is 0 Å². The fraction of sp³-hybridized carbons (Fsp3) is 0.400. The number of hydrogen-bond acceptors (Lipinski definition) is 4. The van der Waals surface area contributed by atoms with Crippen molar-refractivity contribution in [3.8, 4) is 5.88 Å². The molecule has 0 radical (unpaired) electrons. The second-order valence-electron chi connectivity index (χ2n) is 1.89. The molecule has 7 heteroatoms. The largest absolute Gasteiger partial charge is 0.472 e. The lowest BCUT2D eigenvalue weighted by Gasteiger charge is -1.93. The highest BCUT2D eigenvalue weighted by Crippen LogP contribution is 2.13. The second-order valence-corrected chi connectivity index (χ2v) is 1.89. The number of hydrogen-bond donors (Lipinski definition) is 1. The summed E-state index contributed by atoms with van der Waals surface area (Å²) >= 11 is 0. The number of rotatable bonds is 4. The van der Waals surface area contributed by atoms with Gasteiger partial charge in [-0.1, -0.05) is 0 Å². The molecule has 0 aliphatic carbocycles. The summed E-state index contributed by atoms with van der Waals surface area (Å²) < 4.78 is 16.2. The Hall–Kier alpha value is -1.66. The van der Waals surface area contributed by atoms with Gasteiger partial charge in [0, 0.05) is 0 Å². The predicted octanol–water partition coefficient (Wildman–Crippen LogP) is 0.666. The molecule has 6 nitrogen and oxygen atoms in total. The maximum absolute atomic E-state index is 11.5. The summed E-state index contributed by atoms with van der Waals surface area (Å²) in [6, 6.07) is 1.09. The fourth-order valence-electron chi connectivity index (χ4n) is 0.604. The molecule has 1 aromatic rings. The molecule has 0 spiro atoms. The van der Waals surface area contributed by atoms with Crippen LogP contribution in [0.2, 0.25) is 0 Å². The predicted molar refractivity (Wildman–Crippen MR) is 36.7 cm³/mol. The van der Waals surface area contributed by atoms with Crippen LogP contribution in [0, 0.1) is 10.1 Å². The van der Waals surface area contributed by atoms with Crippen LogP contribution in [0.25, 0.3) is 0 Å². The number of halogens is 1. The van der Waals surface area contributed by atoms with Crippen LogP contribution < -0.4 is 4.74 Å². The maximum Gasteiger partial charge on any atom is 0.346 e. The van der Waals surface area contributed by atoms with E-state index in [0.29, 0.717) is 0 Å². The molecule has 0 aliphatic rings. The SMILES string of the molecule is O=[N+]([O-])c1cc(OCCF)n[nH]1. The number of ether oxygens (including phenoxy) is 1. The summed E-state index contributed by atoms with van der Waals surface area (Å²) in [5.41, 5.74) is 0. The lowest BCUT2D eigenvalue weighted by molar-refractivity contribution is -0.389. The first-order chi connectivity index (χ1) is 5.74. The van der Waals surface area contributed by atoms with Gasteiger partial charge in [-0.15, -0.1) is 5.10 Å². The molecule has 1 rings (SSSR count). The third-order valence-corrected chi connectivity index (χ3v) is 1.06. The molecule has 0 saturated carbocycles. The van der Waals surface area contributed by atoms with Crippen LogP contribution in [0.5, 0.6) is 5.88 Å². The first-order valence-corrected chi connectivity index (χ1v) is 3.12. The highest BCUT2D eigenvalue weighted by atomic mass is 19.1. The van der Waals surface area contributed by atoms with Crippen molar-refractivity contribution in [2.24, 2.45) is 0 Å². The van der Waals surface area contributed by atoms with Crippen molar-refractivity contribution in [1.82, 2.24) is 10.2 Å². The van der Waals surface area contributed by atoms with Crippen LogP contribution in [0.1, 0.15) is 0 Å². The molecule has 0 amide bonds. The van der Waals surface area contributed by atoms with Gasteiger partial charge in [-0.3, -0.25) is 0 Å². The van der Waals surface area contributed by atoms with Crippen LogP contribution in [-0.2, 0) is 0 Å². The number of nitrogens with one attached hydrogen (secondary N) is 1. The van der Waals surface area contributed by atoms with Crippen LogP contribution in [0.4, 0.5) is 10.2 Å². The summed E-state index contributed by atoms with van der Waals surface area (Å²) in [4.78, 5) is 9.45. The molecule has 66 valence electrons. The van der Waals surface area contributed by atoms with E-state index in [1.165, 1.54) is 0 Å². The zero-order valence-corrected chi connectivity index (χ0v) is 5.99. The first kappa shape index (κ1) is 8.44. The van der Waals surface area contributed by atoms with Gasteiger partial charge in [0.2, 0.25) is 0 Å². The van der Waals surface area contributed by atoms with Gasteiger partial charge in [0.05, 0.1) is 6.07 Å². The summed E-state index contributed by atoms with van der Waals surface area (Å²) in [6.45, 7) is -0.803. The summed E-state index contributed by atoms with van der Waals surface area (Å²) in [5.74, 6) is -0.247. The molecule has 0 bridgehead atoms. The van der Waals surface area contributed by atoms with E-state index in [-0.39, 0.29) is 18.3 Å². The number of alkyl halides is 1. The van der Waals surface area contributed by atoms with E-state index in [1.807, 2.05) is 0 Å². The van der Waals surface area contributed by atoms with Gasteiger partial charge in [-0.05, 0) is 10.0 Å². The van der Waals surface area contributed by atoms with Crippen LogP contribution in [-0.4, -0.2) is 28.4 Å². The molecule has 12 heavy (non-hydrogen) atoms. The lowest BCUT2D eigenvalue weighted by Crippen LogP contribution is -1.98. The molecule has 1 aromatic heterocycles. The average molecular weight is 175 g/mol. The van der Waals surface area contributed by atoms with Crippen LogP contribution >= 0.6 is 0 Å². The highest BCUT2D eigenvalue weighted by molar-refractivity contribution is 5.24. The van der Waals surface area contributed by atoms with Gasteiger partial charge < -0.3 is 14.9 Å². The zero-order chi connectivity index (χ0) is 8.97. The molecule has 0 saturated heterocycles. The topological polar surface area (TPSA) is 81.1 Å². The Bertz CT molecular complexity index is 275. The van der Waals surface area contributed by atoms with Crippen molar-refractivity contribution >= 4 is 5.82 Å². The minimum atomic E-state index is -0.652. The maximum atomic E-state index is 11.5. The van der Waals surface area contributed by atoms with Gasteiger partial charge in [-0.25, -0.2) is 4.39 Å². The van der Waals surface area contributed by atoms with E-state index in [9.17, 15) is 14.5 Å². The Morgan fingerprint density at radius 1 is 1.83 bits per heavy atom. The van der Waals surface area contributed by atoms with Crippen LogP contribution in [0.15, 0.2) is 6.07 Å². The van der Waals surface area contributed by atoms with Crippen molar-refractivity contribution in [1.29, 1.82) is 0 Å². The van der Waals surface area contributed by atoms with E-state index >= 15 is 0 Å². The molecule has 0 unspecified atom stereocenters. The molecule has 0 aromatic carbocycles.